The van der Waals surface area contributed by atoms with Crippen LogP contribution in [-0.4, -0.2) is 23.9 Å². The Morgan fingerprint density at radius 3 is 2.20 bits per heavy atom. The van der Waals surface area contributed by atoms with Crippen molar-refractivity contribution in [2.45, 2.75) is 23.7 Å². The predicted molar refractivity (Wildman–Crippen MR) is 87.8 cm³/mol. The molecule has 1 heterocycles. The van der Waals surface area contributed by atoms with Gasteiger partial charge in [-0.2, -0.15) is 21.6 Å². The molecule has 0 saturated heterocycles. The normalized spacial score (nSPS) is 14.8. The van der Waals surface area contributed by atoms with Crippen molar-refractivity contribution in [3.05, 3.63) is 59.4 Å². The number of sulfonamides is 1. The minimum Gasteiger partial charge on any atom is -0.249 e. The molecule has 1 aromatic heterocycles. The van der Waals surface area contributed by atoms with E-state index in [1.54, 1.807) is 19.1 Å². The van der Waals surface area contributed by atoms with E-state index in [0.29, 0.717) is 0 Å². The number of hydrogen-bond acceptors (Lipinski definition) is 4. The third kappa shape index (κ3) is 5.27. The Morgan fingerprint density at radius 1 is 1.04 bits per heavy atom. The molecule has 0 aliphatic heterocycles. The molecule has 1 unspecified atom stereocenters. The second-order valence-electron chi connectivity index (χ2n) is 5.48. The summed E-state index contributed by atoms with van der Waals surface area (Å²) in [6.45, 7) is 1.77. The van der Waals surface area contributed by atoms with Crippen LogP contribution < -0.4 is 0 Å². The smallest absolute Gasteiger partial charge is 0.249 e. The molecule has 1 aromatic carbocycles. The Balaban J connectivity index is 2.37. The maximum atomic E-state index is 12.7. The van der Waals surface area contributed by atoms with Gasteiger partial charge in [-0.3, -0.25) is 0 Å². The van der Waals surface area contributed by atoms with E-state index in [2.05, 4.69) is 8.75 Å². The van der Waals surface area contributed by atoms with E-state index < -0.39 is 37.4 Å². The number of hydrogen-bond donors (Lipinski definition) is 0. The summed E-state index contributed by atoms with van der Waals surface area (Å²) in [4.78, 5) is 3.25. The summed E-state index contributed by atoms with van der Waals surface area (Å²) in [6, 6.07) is 8.92. The van der Waals surface area contributed by atoms with Crippen molar-refractivity contribution in [2.24, 2.45) is 3.77 Å². The van der Waals surface area contributed by atoms with Crippen molar-refractivity contribution in [3.63, 3.8) is 0 Å². The highest BCUT2D eigenvalue weighted by atomic mass is 32.3. The Labute approximate surface area is 144 Å². The predicted octanol–water partition coefficient (Wildman–Crippen LogP) is 3.40. The molecule has 0 bridgehead atoms. The van der Waals surface area contributed by atoms with Gasteiger partial charge in [0.2, 0.25) is 0 Å². The number of pyridine rings is 1. The van der Waals surface area contributed by atoms with Crippen LogP contribution in [0.5, 0.6) is 0 Å². The van der Waals surface area contributed by atoms with Gasteiger partial charge in [0.25, 0.3) is 10.0 Å². The topological polar surface area (TPSA) is 76.5 Å². The molecule has 0 amide bonds. The fraction of sp³-hybridized carbons (Fsp3) is 0.267. The lowest BCUT2D eigenvalue weighted by atomic mass is 10.2. The maximum absolute atomic E-state index is 12.7. The average Bonchev–Trinajstić information content (AvgIpc) is 2.45. The van der Waals surface area contributed by atoms with E-state index in [4.69, 9.17) is 0 Å². The van der Waals surface area contributed by atoms with Gasteiger partial charge in [-0.05, 0) is 31.2 Å². The lowest BCUT2D eigenvalue weighted by molar-refractivity contribution is -0.141. The highest BCUT2D eigenvalue weighted by molar-refractivity contribution is 8.02. The van der Waals surface area contributed by atoms with Crippen LogP contribution in [0.2, 0.25) is 0 Å². The largest absolute Gasteiger partial charge is 0.433 e. The summed E-state index contributed by atoms with van der Waals surface area (Å²) >= 11 is 0. The number of halogens is 3. The summed E-state index contributed by atoms with van der Waals surface area (Å²) in [5.41, 5.74) is -0.448. The molecule has 0 saturated carbocycles. The molecule has 25 heavy (non-hydrogen) atoms. The van der Waals surface area contributed by atoms with Gasteiger partial charge < -0.3 is 0 Å². The first-order valence-electron chi connectivity index (χ1n) is 6.95. The third-order valence-electron chi connectivity index (χ3n) is 3.09. The maximum Gasteiger partial charge on any atom is 0.433 e. The SMILES string of the molecule is Cc1ccc(S(=O)(=O)N=S(C)(=O)Cc2cccc(C(F)(F)F)n2)cc1. The molecule has 10 heteroatoms. The van der Waals surface area contributed by atoms with E-state index in [1.165, 1.54) is 18.2 Å². The molecule has 0 fully saturated rings. The molecule has 136 valence electrons. The summed E-state index contributed by atoms with van der Waals surface area (Å²) in [7, 11) is -7.55. The average molecular weight is 392 g/mol. The number of aryl methyl sites for hydroxylation is 1. The highest BCUT2D eigenvalue weighted by Gasteiger charge is 2.32. The van der Waals surface area contributed by atoms with Crippen molar-refractivity contribution < 1.29 is 25.8 Å². The van der Waals surface area contributed by atoms with Crippen molar-refractivity contribution in [2.75, 3.05) is 6.26 Å². The summed E-state index contributed by atoms with van der Waals surface area (Å²) < 4.78 is 78.4. The van der Waals surface area contributed by atoms with Crippen molar-refractivity contribution >= 4 is 19.8 Å². The van der Waals surface area contributed by atoms with Gasteiger partial charge in [-0.25, -0.2) is 9.19 Å². The number of alkyl halides is 3. The molecule has 0 spiro atoms. The van der Waals surface area contributed by atoms with E-state index in [0.717, 1.165) is 24.0 Å². The van der Waals surface area contributed by atoms with Crippen LogP contribution in [0.25, 0.3) is 0 Å². The molecule has 0 aliphatic carbocycles. The summed E-state index contributed by atoms with van der Waals surface area (Å²) in [5.74, 6) is -0.512. The minimum atomic E-state index is -4.64. The van der Waals surface area contributed by atoms with Gasteiger partial charge in [0.15, 0.2) is 0 Å². The Morgan fingerprint density at radius 2 is 1.64 bits per heavy atom. The van der Waals surface area contributed by atoms with Crippen LogP contribution in [-0.2, 0) is 31.7 Å². The standard InChI is InChI=1S/C15H15F3N2O3S2/c1-11-6-8-13(9-7-11)25(22,23)20-24(2,21)10-12-4-3-5-14(19-12)15(16,17)18/h3-9H,10H2,1-2H3. The van der Waals surface area contributed by atoms with Gasteiger partial charge in [-0.15, -0.1) is 3.77 Å². The molecule has 0 radical (unpaired) electrons. The summed E-state index contributed by atoms with van der Waals surface area (Å²) in [5, 5.41) is 0. The molecule has 1 atom stereocenters. The van der Waals surface area contributed by atoms with Gasteiger partial charge in [0, 0.05) is 6.26 Å². The first kappa shape index (κ1) is 19.4. The molecule has 5 nitrogen and oxygen atoms in total. The van der Waals surface area contributed by atoms with Crippen LogP contribution in [0.3, 0.4) is 0 Å². The van der Waals surface area contributed by atoms with Crippen LogP contribution in [0.4, 0.5) is 13.2 Å². The molecular formula is C15H15F3N2O3S2. The number of aromatic nitrogens is 1. The van der Waals surface area contributed by atoms with Crippen molar-refractivity contribution in [1.82, 2.24) is 4.98 Å². The van der Waals surface area contributed by atoms with Crippen LogP contribution in [0, 0.1) is 6.92 Å². The zero-order valence-corrected chi connectivity index (χ0v) is 15.0. The molecule has 2 aromatic rings. The highest BCUT2D eigenvalue weighted by Crippen LogP contribution is 2.27. The lowest BCUT2D eigenvalue weighted by Crippen LogP contribution is -2.12. The van der Waals surface area contributed by atoms with Crippen LogP contribution in [0.15, 0.2) is 51.1 Å². The second-order valence-corrected chi connectivity index (χ2v) is 9.70. The zero-order valence-electron chi connectivity index (χ0n) is 13.3. The van der Waals surface area contributed by atoms with E-state index in [9.17, 15) is 25.8 Å². The monoisotopic (exact) mass is 392 g/mol. The van der Waals surface area contributed by atoms with Gasteiger partial charge >= 0.3 is 6.18 Å². The third-order valence-corrected chi connectivity index (χ3v) is 6.83. The van der Waals surface area contributed by atoms with Crippen molar-refractivity contribution in [1.29, 1.82) is 0 Å². The molecular weight excluding hydrogens is 377 g/mol. The van der Waals surface area contributed by atoms with Crippen LogP contribution >= 0.6 is 0 Å². The molecule has 0 aliphatic rings. The van der Waals surface area contributed by atoms with E-state index in [1.807, 2.05) is 0 Å². The fourth-order valence-electron chi connectivity index (χ4n) is 1.98. The molecule has 0 N–H and O–H groups in total. The van der Waals surface area contributed by atoms with Crippen LogP contribution in [0.1, 0.15) is 17.0 Å². The quantitative estimate of drug-likeness (QED) is 0.799. The second kappa shape index (κ2) is 6.75. The Kier molecular flexibility index (Phi) is 5.24. The Bertz CT molecular complexity index is 991. The van der Waals surface area contributed by atoms with E-state index in [-0.39, 0.29) is 10.6 Å². The fourth-order valence-corrected chi connectivity index (χ4v) is 5.38. The summed E-state index contributed by atoms with van der Waals surface area (Å²) in [6.07, 6.45) is -3.57. The minimum absolute atomic E-state index is 0.135. The number of benzene rings is 1. The lowest BCUT2D eigenvalue weighted by Gasteiger charge is -2.09. The van der Waals surface area contributed by atoms with Gasteiger partial charge in [-0.1, -0.05) is 23.8 Å². The first-order valence-corrected chi connectivity index (χ1v) is 10.5. The van der Waals surface area contributed by atoms with E-state index >= 15 is 0 Å². The number of nitrogens with zero attached hydrogens (tertiary/aromatic N) is 2. The zero-order chi connectivity index (χ0) is 18.9. The Hall–Kier alpha value is -1.94. The van der Waals surface area contributed by atoms with Gasteiger partial charge in [0.1, 0.15) is 5.69 Å². The van der Waals surface area contributed by atoms with Gasteiger partial charge in [0.05, 0.1) is 26.1 Å². The first-order chi connectivity index (χ1) is 11.4. The number of rotatable bonds is 4. The van der Waals surface area contributed by atoms with Crippen molar-refractivity contribution in [3.8, 4) is 0 Å². The molecule has 2 rings (SSSR count).